The highest BCUT2D eigenvalue weighted by molar-refractivity contribution is 7.92. The van der Waals surface area contributed by atoms with E-state index in [1.54, 1.807) is 80.6 Å². The smallest absolute Gasteiger partial charge is 0.232 e. The largest absolute Gasteiger partial charge is 0.352 e. The van der Waals surface area contributed by atoms with Crippen LogP contribution in [0.1, 0.15) is 18.1 Å². The molecule has 0 aliphatic heterocycles. The van der Waals surface area contributed by atoms with Crippen LogP contribution in [-0.4, -0.2) is 117 Å². The van der Waals surface area contributed by atoms with Crippen LogP contribution in [0.4, 0.5) is 54.5 Å². The molecule has 6 aromatic heterocycles. The average Bonchev–Trinajstić information content (AvgIpc) is 3.74. The Labute approximate surface area is 410 Å². The van der Waals surface area contributed by atoms with Crippen molar-refractivity contribution in [1.29, 1.82) is 0 Å². The Bertz CT molecular complexity index is 3720. The summed E-state index contributed by atoms with van der Waals surface area (Å²) in [5.74, 6) is -2.32. The van der Waals surface area contributed by atoms with E-state index < -0.39 is 62.0 Å². The summed E-state index contributed by atoms with van der Waals surface area (Å²) in [6.07, 6.45) is 6.31. The number of anilines is 8. The minimum atomic E-state index is -3.80. The quantitative estimate of drug-likeness (QED) is 0.0657. The van der Waals surface area contributed by atoms with E-state index in [0.717, 1.165) is 32.2 Å². The molecule has 22 nitrogen and oxygen atoms in total. The average molecular weight is 1020 g/mol. The topological polar surface area (TPSA) is 276 Å². The van der Waals surface area contributed by atoms with Crippen LogP contribution in [-0.2, 0) is 43.2 Å². The second-order valence-electron chi connectivity index (χ2n) is 18.1. The number of carbonyl (C=O) groups is 2. The molecular weight excluding hydrogens is 975 g/mol. The summed E-state index contributed by atoms with van der Waals surface area (Å²) in [5, 5.41) is 20.7. The van der Waals surface area contributed by atoms with Gasteiger partial charge in [0.25, 0.3) is 0 Å². The number of nitrogens with one attached hydrogen (secondary N) is 6. The SMILES string of the molecule is Cc1nc2c(Nc3ccc(-c4cnn(CC5[C@@H](F)[C@H]5C(=O)Nc5cc(Nc6ccc(-c7cnn(C)c7)cc6N(C)S(C)(=O)=O)c6nc(C)[nH]c6n5)c4)cc3N(C)S(C)(=O)=O)cc(NC(=O)[C@@H]3C[C@@H]3F)nc2[nH]1. The summed E-state index contributed by atoms with van der Waals surface area (Å²) in [4.78, 5) is 50.5. The molecule has 2 aliphatic rings. The van der Waals surface area contributed by atoms with Crippen LogP contribution in [0.5, 0.6) is 0 Å². The molecule has 0 bridgehead atoms. The Kier molecular flexibility index (Phi) is 11.7. The Morgan fingerprint density at radius 2 is 1.18 bits per heavy atom. The van der Waals surface area contributed by atoms with E-state index in [9.17, 15) is 30.8 Å². The Hall–Kier alpha value is -8.00. The Morgan fingerprint density at radius 3 is 1.65 bits per heavy atom. The van der Waals surface area contributed by atoms with Gasteiger partial charge < -0.3 is 31.2 Å². The van der Waals surface area contributed by atoms with E-state index in [1.165, 1.54) is 24.8 Å². The molecule has 2 aliphatic carbocycles. The molecule has 0 spiro atoms. The molecule has 6 heterocycles. The molecule has 5 atom stereocenters. The molecule has 8 aromatic rings. The van der Waals surface area contributed by atoms with Crippen LogP contribution in [0.25, 0.3) is 44.6 Å². The molecule has 0 radical (unpaired) electrons. The predicted molar refractivity (Wildman–Crippen MR) is 269 cm³/mol. The molecule has 72 heavy (non-hydrogen) atoms. The van der Waals surface area contributed by atoms with Crippen LogP contribution < -0.4 is 29.9 Å². The van der Waals surface area contributed by atoms with Gasteiger partial charge in [0.2, 0.25) is 31.9 Å². The second kappa shape index (κ2) is 17.7. The fourth-order valence-corrected chi connectivity index (χ4v) is 9.50. The van der Waals surface area contributed by atoms with Gasteiger partial charge in [0.15, 0.2) is 11.3 Å². The van der Waals surface area contributed by atoms with Crippen LogP contribution in [0.15, 0.2) is 73.3 Å². The van der Waals surface area contributed by atoms with Crippen molar-refractivity contribution in [1.82, 2.24) is 49.5 Å². The lowest BCUT2D eigenvalue weighted by molar-refractivity contribution is -0.118. The number of hydrogen-bond donors (Lipinski definition) is 6. The van der Waals surface area contributed by atoms with Gasteiger partial charge in [0, 0.05) is 69.3 Å². The summed E-state index contributed by atoms with van der Waals surface area (Å²) < 4.78 is 86.3. The highest BCUT2D eigenvalue weighted by Gasteiger charge is 2.56. The van der Waals surface area contributed by atoms with Crippen LogP contribution in [0.2, 0.25) is 0 Å². The van der Waals surface area contributed by atoms with Gasteiger partial charge in [-0.3, -0.25) is 27.6 Å². The van der Waals surface area contributed by atoms with Gasteiger partial charge in [-0.2, -0.15) is 10.2 Å². The van der Waals surface area contributed by atoms with Gasteiger partial charge >= 0.3 is 0 Å². The number of halogens is 2. The minimum absolute atomic E-state index is 0.0480. The summed E-state index contributed by atoms with van der Waals surface area (Å²) >= 11 is 0. The highest BCUT2D eigenvalue weighted by Crippen LogP contribution is 2.45. The number of H-pyrrole nitrogens is 2. The normalized spacial score (nSPS) is 18.5. The first-order valence-electron chi connectivity index (χ1n) is 22.4. The van der Waals surface area contributed by atoms with E-state index in [4.69, 9.17) is 0 Å². The summed E-state index contributed by atoms with van der Waals surface area (Å²) in [6, 6.07) is 13.4. The lowest BCUT2D eigenvalue weighted by Crippen LogP contribution is -2.25. The molecule has 0 saturated heterocycles. The number of aryl methyl sites for hydroxylation is 3. The molecular formula is C46H48F2N16O6S2. The number of sulfonamides is 2. The zero-order chi connectivity index (χ0) is 51.1. The molecule has 2 fully saturated rings. The number of pyridine rings is 2. The van der Waals surface area contributed by atoms with Crippen molar-refractivity contribution in [2.24, 2.45) is 24.8 Å². The van der Waals surface area contributed by atoms with Crippen molar-refractivity contribution in [3.05, 3.63) is 85.0 Å². The molecule has 2 amide bonds. The van der Waals surface area contributed by atoms with Gasteiger partial charge in [-0.1, -0.05) is 12.1 Å². The maximum absolute atomic E-state index is 15.6. The van der Waals surface area contributed by atoms with Crippen molar-refractivity contribution < 1.29 is 35.2 Å². The van der Waals surface area contributed by atoms with Crippen LogP contribution in [0.3, 0.4) is 0 Å². The lowest BCUT2D eigenvalue weighted by Gasteiger charge is -2.22. The number of alkyl halides is 2. The molecule has 26 heteroatoms. The maximum atomic E-state index is 15.6. The molecule has 6 N–H and O–H groups in total. The van der Waals surface area contributed by atoms with E-state index in [0.29, 0.717) is 73.5 Å². The first-order valence-corrected chi connectivity index (χ1v) is 26.1. The third-order valence-corrected chi connectivity index (χ3v) is 15.1. The first-order chi connectivity index (χ1) is 34.1. The van der Waals surface area contributed by atoms with Crippen LogP contribution in [0, 0.1) is 31.6 Å². The number of amides is 2. The van der Waals surface area contributed by atoms with Gasteiger partial charge in [0.1, 0.15) is 46.7 Å². The fraction of sp³-hybridized carbons (Fsp3) is 0.304. The lowest BCUT2D eigenvalue weighted by atomic mass is 10.1. The number of carbonyl (C=O) groups excluding carboxylic acids is 2. The third kappa shape index (κ3) is 9.48. The molecule has 10 rings (SSSR count). The Balaban J connectivity index is 0.865. The number of benzene rings is 2. The zero-order valence-corrected chi connectivity index (χ0v) is 41.4. The minimum Gasteiger partial charge on any atom is -0.352 e. The molecule has 1 unspecified atom stereocenters. The van der Waals surface area contributed by atoms with Crippen molar-refractivity contribution in [2.75, 3.05) is 56.5 Å². The van der Waals surface area contributed by atoms with Gasteiger partial charge in [-0.25, -0.2) is 45.6 Å². The zero-order valence-electron chi connectivity index (χ0n) is 39.7. The van der Waals surface area contributed by atoms with Crippen molar-refractivity contribution in [2.45, 2.75) is 39.2 Å². The number of aromatic nitrogens is 10. The van der Waals surface area contributed by atoms with Crippen molar-refractivity contribution in [3.8, 4) is 22.3 Å². The fourth-order valence-electron chi connectivity index (χ4n) is 8.48. The van der Waals surface area contributed by atoms with Crippen molar-refractivity contribution in [3.63, 3.8) is 0 Å². The number of fused-ring (bicyclic) bond motifs is 2. The number of nitrogens with zero attached hydrogens (tertiary/aromatic N) is 10. The number of imidazole rings is 2. The monoisotopic (exact) mass is 1020 g/mol. The molecule has 2 saturated carbocycles. The predicted octanol–water partition coefficient (Wildman–Crippen LogP) is 5.91. The summed E-state index contributed by atoms with van der Waals surface area (Å²) in [5.41, 5.74) is 6.31. The summed E-state index contributed by atoms with van der Waals surface area (Å²) in [6.45, 7) is 3.52. The van der Waals surface area contributed by atoms with E-state index in [1.807, 2.05) is 12.3 Å². The van der Waals surface area contributed by atoms with Gasteiger partial charge in [-0.15, -0.1) is 0 Å². The van der Waals surface area contributed by atoms with E-state index >= 15 is 4.39 Å². The number of rotatable bonds is 16. The standard InChI is InChI=1S/C46H48F2N16O6S2/c1-22-51-41-33(15-37(57-43(41)53-22)59-45(65)28-14-30(28)47)55-32-11-9-25(13-36(32)63(5)72(7,69)70)27-18-50-64(20-27)21-29-39(40(29)48)46(66)60-38-16-34(42-44(58-38)54-23(2)52-42)56-31-10-8-24(26-17-49-61(3)19-26)12-35(31)62(4)71(6,67)68/h8-13,15-20,28-30,39-40H,14,21H2,1-7H3,(H3,51,53,55,57,59,65)(H3,52,54,56,58,60,66)/t28-,29?,30+,39+,40-/m1/s1. The Morgan fingerprint density at radius 1 is 0.694 bits per heavy atom. The molecule has 2 aromatic carbocycles. The van der Waals surface area contributed by atoms with E-state index in [-0.39, 0.29) is 30.3 Å². The molecule has 374 valence electrons. The maximum Gasteiger partial charge on any atom is 0.232 e. The second-order valence-corrected chi connectivity index (χ2v) is 22.2. The van der Waals surface area contributed by atoms with Gasteiger partial charge in [0.05, 0.1) is 70.9 Å². The third-order valence-electron chi connectivity index (χ3n) is 12.7. The van der Waals surface area contributed by atoms with Crippen molar-refractivity contribution >= 4 is 99.9 Å². The number of aromatic amines is 2. The highest BCUT2D eigenvalue weighted by atomic mass is 32.2. The van der Waals surface area contributed by atoms with Gasteiger partial charge in [-0.05, 0) is 55.7 Å². The van der Waals surface area contributed by atoms with Crippen LogP contribution >= 0.6 is 0 Å². The summed E-state index contributed by atoms with van der Waals surface area (Å²) in [7, 11) is -2.89. The number of hydrogen-bond acceptors (Lipinski definition) is 14. The van der Waals surface area contributed by atoms with E-state index in [2.05, 4.69) is 61.4 Å². The first kappa shape index (κ1) is 47.7.